The Kier molecular flexibility index (Phi) is 3.84. The summed E-state index contributed by atoms with van der Waals surface area (Å²) in [6.07, 6.45) is 4.27. The lowest BCUT2D eigenvalue weighted by Gasteiger charge is -2.01. The quantitative estimate of drug-likeness (QED) is 0.586. The van der Waals surface area contributed by atoms with Gasteiger partial charge in [0.25, 0.3) is 0 Å². The zero-order valence-corrected chi connectivity index (χ0v) is 9.90. The Morgan fingerprint density at radius 2 is 1.50 bits per heavy atom. The molecule has 0 saturated carbocycles. The van der Waals surface area contributed by atoms with Gasteiger partial charge in [-0.15, -0.1) is 0 Å². The van der Waals surface area contributed by atoms with E-state index < -0.39 is 0 Å². The van der Waals surface area contributed by atoms with Gasteiger partial charge in [0, 0.05) is 5.75 Å². The summed E-state index contributed by atoms with van der Waals surface area (Å²) in [5.41, 5.74) is 3.72. The van der Waals surface area contributed by atoms with Crippen LogP contribution in [-0.4, -0.2) is 0 Å². The molecule has 0 radical (unpaired) electrons. The van der Waals surface area contributed by atoms with Crippen LogP contribution in [0.15, 0.2) is 54.6 Å². The van der Waals surface area contributed by atoms with Crippen LogP contribution >= 0.6 is 12.6 Å². The molecule has 0 aliphatic heterocycles. The summed E-state index contributed by atoms with van der Waals surface area (Å²) in [5, 5.41) is 0. The SMILES string of the molecule is SCc1ccccc1C=Cc1ccccc1. The van der Waals surface area contributed by atoms with Crippen molar-refractivity contribution in [3.63, 3.8) is 0 Å². The van der Waals surface area contributed by atoms with Gasteiger partial charge in [-0.05, 0) is 16.7 Å². The predicted molar refractivity (Wildman–Crippen MR) is 74.5 cm³/mol. The van der Waals surface area contributed by atoms with E-state index in [0.717, 1.165) is 5.75 Å². The van der Waals surface area contributed by atoms with Gasteiger partial charge >= 0.3 is 0 Å². The molecule has 0 heterocycles. The van der Waals surface area contributed by atoms with Crippen LogP contribution in [-0.2, 0) is 5.75 Å². The molecule has 0 saturated heterocycles. The van der Waals surface area contributed by atoms with Gasteiger partial charge in [-0.1, -0.05) is 66.7 Å². The molecule has 80 valence electrons. The Bertz CT molecular complexity index is 472. The maximum Gasteiger partial charge on any atom is 0.0160 e. The molecule has 16 heavy (non-hydrogen) atoms. The van der Waals surface area contributed by atoms with E-state index in [1.807, 2.05) is 24.3 Å². The maximum atomic E-state index is 4.33. The van der Waals surface area contributed by atoms with Crippen LogP contribution in [0, 0.1) is 0 Å². The molecule has 2 aromatic carbocycles. The van der Waals surface area contributed by atoms with Crippen molar-refractivity contribution >= 4 is 24.8 Å². The average molecular weight is 226 g/mol. The summed E-state index contributed by atoms with van der Waals surface area (Å²) in [5.74, 6) is 0.773. The molecule has 0 N–H and O–H groups in total. The van der Waals surface area contributed by atoms with E-state index in [1.54, 1.807) is 0 Å². The first-order chi connectivity index (χ1) is 7.90. The molecule has 0 aliphatic carbocycles. The highest BCUT2D eigenvalue weighted by atomic mass is 32.1. The lowest BCUT2D eigenvalue weighted by Crippen LogP contribution is -1.82. The molecular weight excluding hydrogens is 212 g/mol. The largest absolute Gasteiger partial charge is 0.175 e. The molecule has 0 unspecified atom stereocenters. The molecule has 0 bridgehead atoms. The van der Waals surface area contributed by atoms with E-state index in [2.05, 4.69) is 55.1 Å². The minimum Gasteiger partial charge on any atom is -0.175 e. The van der Waals surface area contributed by atoms with Crippen LogP contribution in [0.1, 0.15) is 16.7 Å². The van der Waals surface area contributed by atoms with Gasteiger partial charge in [0.05, 0.1) is 0 Å². The summed E-state index contributed by atoms with van der Waals surface area (Å²) < 4.78 is 0. The third-order valence-electron chi connectivity index (χ3n) is 2.48. The van der Waals surface area contributed by atoms with Crippen LogP contribution in [0.25, 0.3) is 12.2 Å². The van der Waals surface area contributed by atoms with Crippen LogP contribution in [0.2, 0.25) is 0 Å². The topological polar surface area (TPSA) is 0 Å². The van der Waals surface area contributed by atoms with Gasteiger partial charge in [-0.25, -0.2) is 0 Å². The van der Waals surface area contributed by atoms with Crippen LogP contribution in [0.4, 0.5) is 0 Å². The monoisotopic (exact) mass is 226 g/mol. The van der Waals surface area contributed by atoms with Crippen LogP contribution in [0.3, 0.4) is 0 Å². The summed E-state index contributed by atoms with van der Waals surface area (Å²) >= 11 is 4.33. The Hall–Kier alpha value is -1.47. The molecule has 0 aliphatic rings. The number of hydrogen-bond donors (Lipinski definition) is 1. The average Bonchev–Trinajstić information content (AvgIpc) is 2.38. The standard InChI is InChI=1S/C15H14S/c16-12-15-9-5-4-8-14(15)11-10-13-6-2-1-3-7-13/h1-11,16H,12H2. The summed E-state index contributed by atoms with van der Waals surface area (Å²) in [4.78, 5) is 0. The molecule has 0 atom stereocenters. The van der Waals surface area contributed by atoms with Gasteiger partial charge in [-0.2, -0.15) is 12.6 Å². The second-order valence-corrected chi connectivity index (χ2v) is 3.92. The summed E-state index contributed by atoms with van der Waals surface area (Å²) in [6.45, 7) is 0. The first-order valence-corrected chi connectivity index (χ1v) is 5.95. The Morgan fingerprint density at radius 1 is 0.812 bits per heavy atom. The fourth-order valence-electron chi connectivity index (χ4n) is 1.59. The second kappa shape index (κ2) is 5.57. The summed E-state index contributed by atoms with van der Waals surface area (Å²) in [7, 11) is 0. The van der Waals surface area contributed by atoms with E-state index >= 15 is 0 Å². The fourth-order valence-corrected chi connectivity index (χ4v) is 1.88. The van der Waals surface area contributed by atoms with E-state index in [0.29, 0.717) is 0 Å². The van der Waals surface area contributed by atoms with E-state index in [9.17, 15) is 0 Å². The van der Waals surface area contributed by atoms with Crippen LogP contribution < -0.4 is 0 Å². The third kappa shape index (κ3) is 2.77. The van der Waals surface area contributed by atoms with Crippen molar-refractivity contribution in [3.8, 4) is 0 Å². The number of rotatable bonds is 3. The number of thiol groups is 1. The van der Waals surface area contributed by atoms with E-state index in [1.165, 1.54) is 16.7 Å². The zero-order chi connectivity index (χ0) is 11.2. The number of benzene rings is 2. The molecule has 0 nitrogen and oxygen atoms in total. The van der Waals surface area contributed by atoms with Gasteiger partial charge in [0.1, 0.15) is 0 Å². The maximum absolute atomic E-state index is 4.33. The minimum atomic E-state index is 0.773. The molecular formula is C15H14S. The second-order valence-electron chi connectivity index (χ2n) is 3.60. The zero-order valence-electron chi connectivity index (χ0n) is 9.01. The highest BCUT2D eigenvalue weighted by molar-refractivity contribution is 7.79. The third-order valence-corrected chi connectivity index (χ3v) is 2.82. The smallest absolute Gasteiger partial charge is 0.0160 e. The van der Waals surface area contributed by atoms with Gasteiger partial charge in [0.2, 0.25) is 0 Å². The molecule has 0 amide bonds. The van der Waals surface area contributed by atoms with Crippen molar-refractivity contribution in [2.24, 2.45) is 0 Å². The molecule has 0 fully saturated rings. The highest BCUT2D eigenvalue weighted by Gasteiger charge is 1.94. The lowest BCUT2D eigenvalue weighted by atomic mass is 10.1. The van der Waals surface area contributed by atoms with Gasteiger partial charge in [0.15, 0.2) is 0 Å². The molecule has 1 heteroatoms. The summed E-state index contributed by atoms with van der Waals surface area (Å²) in [6, 6.07) is 18.6. The first kappa shape index (κ1) is 11.0. The number of hydrogen-bond acceptors (Lipinski definition) is 1. The van der Waals surface area contributed by atoms with Crippen molar-refractivity contribution in [2.45, 2.75) is 5.75 Å². The normalized spacial score (nSPS) is 10.8. The van der Waals surface area contributed by atoms with Gasteiger partial charge < -0.3 is 0 Å². The van der Waals surface area contributed by atoms with Crippen molar-refractivity contribution in [1.82, 2.24) is 0 Å². The van der Waals surface area contributed by atoms with Crippen molar-refractivity contribution in [2.75, 3.05) is 0 Å². The van der Waals surface area contributed by atoms with Crippen LogP contribution in [0.5, 0.6) is 0 Å². The highest BCUT2D eigenvalue weighted by Crippen LogP contribution is 2.14. The lowest BCUT2D eigenvalue weighted by molar-refractivity contribution is 1.40. The van der Waals surface area contributed by atoms with E-state index in [4.69, 9.17) is 0 Å². The molecule has 0 spiro atoms. The molecule has 0 aromatic heterocycles. The van der Waals surface area contributed by atoms with Crippen molar-refractivity contribution in [1.29, 1.82) is 0 Å². The molecule has 2 aromatic rings. The van der Waals surface area contributed by atoms with E-state index in [-0.39, 0.29) is 0 Å². The van der Waals surface area contributed by atoms with Crippen molar-refractivity contribution < 1.29 is 0 Å². The minimum absolute atomic E-state index is 0.773. The fraction of sp³-hybridized carbons (Fsp3) is 0.0667. The predicted octanol–water partition coefficient (Wildman–Crippen LogP) is 4.29. The Morgan fingerprint density at radius 3 is 2.25 bits per heavy atom. The Labute approximate surface area is 102 Å². The first-order valence-electron chi connectivity index (χ1n) is 5.32. The van der Waals surface area contributed by atoms with Gasteiger partial charge in [-0.3, -0.25) is 0 Å². The molecule has 2 rings (SSSR count). The Balaban J connectivity index is 2.24. The van der Waals surface area contributed by atoms with Crippen molar-refractivity contribution in [3.05, 3.63) is 71.3 Å².